The summed E-state index contributed by atoms with van der Waals surface area (Å²) in [5, 5.41) is 0. The minimum atomic E-state index is -4.05. The van der Waals surface area contributed by atoms with E-state index in [0.717, 1.165) is 24.0 Å². The molecule has 25 heavy (non-hydrogen) atoms. The lowest BCUT2D eigenvalue weighted by molar-refractivity contribution is -0.133. The highest BCUT2D eigenvalue weighted by Crippen LogP contribution is 2.34. The monoisotopic (exact) mass is 364 g/mol. The first kappa shape index (κ1) is 17.3. The summed E-state index contributed by atoms with van der Waals surface area (Å²) in [4.78, 5) is 11.1. The van der Waals surface area contributed by atoms with Crippen molar-refractivity contribution in [3.05, 3.63) is 64.7 Å². The third-order valence-electron chi connectivity index (χ3n) is 3.91. The number of rotatable bonds is 3. The molecule has 1 aliphatic heterocycles. The van der Waals surface area contributed by atoms with Crippen LogP contribution >= 0.6 is 0 Å². The number of cyclic esters (lactones) is 1. The van der Waals surface area contributed by atoms with Gasteiger partial charge in [0.2, 0.25) is 0 Å². The first-order valence-corrected chi connectivity index (χ1v) is 9.24. The van der Waals surface area contributed by atoms with Crippen LogP contribution in [0.2, 0.25) is 0 Å². The molecule has 0 atom stereocenters. The predicted octanol–water partition coefficient (Wildman–Crippen LogP) is 3.14. The van der Waals surface area contributed by atoms with Gasteiger partial charge in [0.25, 0.3) is 0 Å². The molecule has 3 rings (SSSR count). The highest BCUT2D eigenvalue weighted by atomic mass is 32.2. The molecule has 0 aromatic heterocycles. The highest BCUT2D eigenvalue weighted by molar-refractivity contribution is 7.90. The lowest BCUT2D eigenvalue weighted by atomic mass is 9.96. The Morgan fingerprint density at radius 1 is 1.00 bits per heavy atom. The lowest BCUT2D eigenvalue weighted by Crippen LogP contribution is -2.06. The van der Waals surface area contributed by atoms with Crippen molar-refractivity contribution in [1.29, 1.82) is 0 Å². The molecule has 4 nitrogen and oxygen atoms in total. The van der Waals surface area contributed by atoms with Crippen LogP contribution in [0, 0.1) is 18.6 Å². The van der Waals surface area contributed by atoms with Gasteiger partial charge in [-0.3, -0.25) is 0 Å². The third kappa shape index (κ3) is 3.19. The van der Waals surface area contributed by atoms with Gasteiger partial charge < -0.3 is 4.74 Å². The molecular weight excluding hydrogens is 350 g/mol. The van der Waals surface area contributed by atoms with Gasteiger partial charge in [-0.2, -0.15) is 0 Å². The Bertz CT molecular complexity index is 983. The quantitative estimate of drug-likeness (QED) is 0.785. The first-order chi connectivity index (χ1) is 11.7. The molecule has 0 fully saturated rings. The Labute approximate surface area is 143 Å². The molecule has 2 aromatic rings. The van der Waals surface area contributed by atoms with E-state index in [1.807, 2.05) is 6.92 Å². The zero-order valence-electron chi connectivity index (χ0n) is 13.5. The minimum absolute atomic E-state index is 0.0730. The van der Waals surface area contributed by atoms with Gasteiger partial charge in [-0.25, -0.2) is 22.0 Å². The molecule has 130 valence electrons. The topological polar surface area (TPSA) is 60.4 Å². The standard InChI is InChI=1S/C18H14F2O4S/c1-10-3-5-11(6-4-10)16-13(9-24-18(16)21)12-7-14(19)17(15(20)8-12)25(2,22)23/h3-8H,9H2,1-2H3. The van der Waals surface area contributed by atoms with Crippen LogP contribution in [0.25, 0.3) is 11.1 Å². The highest BCUT2D eigenvalue weighted by Gasteiger charge is 2.29. The molecule has 0 saturated heterocycles. The number of benzene rings is 2. The number of carbonyl (C=O) groups is 1. The third-order valence-corrected chi connectivity index (χ3v) is 5.04. The fourth-order valence-corrected chi connectivity index (χ4v) is 3.56. The number of esters is 1. The molecule has 2 aromatic carbocycles. The van der Waals surface area contributed by atoms with Gasteiger partial charge in [-0.05, 0) is 30.2 Å². The van der Waals surface area contributed by atoms with Gasteiger partial charge in [-0.1, -0.05) is 29.8 Å². The van der Waals surface area contributed by atoms with Crippen molar-refractivity contribution in [3.63, 3.8) is 0 Å². The number of hydrogen-bond donors (Lipinski definition) is 0. The van der Waals surface area contributed by atoms with Crippen LogP contribution in [0.4, 0.5) is 8.78 Å². The van der Waals surface area contributed by atoms with E-state index in [1.165, 1.54) is 0 Å². The second-order valence-electron chi connectivity index (χ2n) is 5.84. The fourth-order valence-electron chi connectivity index (χ4n) is 2.73. The van der Waals surface area contributed by atoms with E-state index in [0.29, 0.717) is 11.1 Å². The molecule has 0 spiro atoms. The van der Waals surface area contributed by atoms with Crippen LogP contribution in [0.1, 0.15) is 16.7 Å². The Hall–Kier alpha value is -2.54. The van der Waals surface area contributed by atoms with Crippen molar-refractivity contribution in [1.82, 2.24) is 0 Å². The van der Waals surface area contributed by atoms with Crippen molar-refractivity contribution in [2.75, 3.05) is 12.9 Å². The summed E-state index contributed by atoms with van der Waals surface area (Å²) in [5.74, 6) is -2.99. The van der Waals surface area contributed by atoms with Crippen molar-refractivity contribution in [2.24, 2.45) is 0 Å². The van der Waals surface area contributed by atoms with Gasteiger partial charge in [-0.15, -0.1) is 0 Å². The number of hydrogen-bond acceptors (Lipinski definition) is 4. The first-order valence-electron chi connectivity index (χ1n) is 7.35. The van der Waals surface area contributed by atoms with Crippen molar-refractivity contribution in [2.45, 2.75) is 11.8 Å². The van der Waals surface area contributed by atoms with Gasteiger partial charge in [0.15, 0.2) is 9.84 Å². The Balaban J connectivity index is 2.20. The van der Waals surface area contributed by atoms with Crippen molar-refractivity contribution in [3.8, 4) is 0 Å². The maximum Gasteiger partial charge on any atom is 0.339 e. The average molecular weight is 364 g/mol. The van der Waals surface area contributed by atoms with E-state index in [2.05, 4.69) is 0 Å². The molecule has 0 aliphatic carbocycles. The van der Waals surface area contributed by atoms with Crippen LogP contribution in [-0.2, 0) is 19.4 Å². The van der Waals surface area contributed by atoms with Gasteiger partial charge in [0, 0.05) is 11.8 Å². The molecule has 7 heteroatoms. The minimum Gasteiger partial charge on any atom is -0.457 e. The summed E-state index contributed by atoms with van der Waals surface area (Å²) in [7, 11) is -4.05. The lowest BCUT2D eigenvalue weighted by Gasteiger charge is -2.08. The zero-order valence-corrected chi connectivity index (χ0v) is 14.3. The molecule has 0 saturated carbocycles. The number of sulfone groups is 1. The van der Waals surface area contributed by atoms with Crippen LogP contribution in [0.5, 0.6) is 0 Å². The molecule has 0 N–H and O–H groups in total. The molecule has 0 unspecified atom stereocenters. The molecular formula is C18H14F2O4S. The van der Waals surface area contributed by atoms with E-state index in [9.17, 15) is 22.0 Å². The maximum atomic E-state index is 14.2. The number of aryl methyl sites for hydroxylation is 1. The van der Waals surface area contributed by atoms with Crippen LogP contribution in [0.3, 0.4) is 0 Å². The number of halogens is 2. The average Bonchev–Trinajstić information content (AvgIpc) is 2.87. The molecule has 0 amide bonds. The number of carbonyl (C=O) groups excluding carboxylic acids is 1. The van der Waals surface area contributed by atoms with E-state index in [1.54, 1.807) is 24.3 Å². The molecule has 1 heterocycles. The van der Waals surface area contributed by atoms with E-state index < -0.39 is 32.3 Å². The Morgan fingerprint density at radius 3 is 2.08 bits per heavy atom. The largest absolute Gasteiger partial charge is 0.457 e. The van der Waals surface area contributed by atoms with E-state index in [-0.39, 0.29) is 17.7 Å². The second-order valence-corrected chi connectivity index (χ2v) is 7.79. The van der Waals surface area contributed by atoms with E-state index in [4.69, 9.17) is 4.74 Å². The van der Waals surface area contributed by atoms with Crippen molar-refractivity contribution >= 4 is 27.0 Å². The predicted molar refractivity (Wildman–Crippen MR) is 88.4 cm³/mol. The van der Waals surface area contributed by atoms with Gasteiger partial charge in [0.1, 0.15) is 23.1 Å². The summed E-state index contributed by atoms with van der Waals surface area (Å²) < 4.78 is 56.4. The summed E-state index contributed by atoms with van der Waals surface area (Å²) in [6, 6.07) is 8.86. The Kier molecular flexibility index (Phi) is 4.20. The van der Waals surface area contributed by atoms with Crippen LogP contribution in [-0.4, -0.2) is 27.2 Å². The van der Waals surface area contributed by atoms with Crippen LogP contribution < -0.4 is 0 Å². The molecule has 0 radical (unpaired) electrons. The van der Waals surface area contributed by atoms with Gasteiger partial charge in [0.05, 0.1) is 5.57 Å². The summed E-state index contributed by atoms with van der Waals surface area (Å²) in [6.07, 6.45) is 0.730. The summed E-state index contributed by atoms with van der Waals surface area (Å²) in [6.45, 7) is 1.75. The summed E-state index contributed by atoms with van der Waals surface area (Å²) in [5.41, 5.74) is 2.16. The van der Waals surface area contributed by atoms with Crippen molar-refractivity contribution < 1.29 is 26.7 Å². The second kappa shape index (κ2) is 6.07. The number of ether oxygens (including phenoxy) is 1. The van der Waals surface area contributed by atoms with Gasteiger partial charge >= 0.3 is 5.97 Å². The smallest absolute Gasteiger partial charge is 0.339 e. The molecule has 1 aliphatic rings. The summed E-state index contributed by atoms with van der Waals surface area (Å²) >= 11 is 0. The molecule has 0 bridgehead atoms. The van der Waals surface area contributed by atoms with Crippen LogP contribution in [0.15, 0.2) is 41.3 Å². The van der Waals surface area contributed by atoms with E-state index >= 15 is 0 Å². The zero-order chi connectivity index (χ0) is 18.4. The Morgan fingerprint density at radius 2 is 1.56 bits per heavy atom. The SMILES string of the molecule is Cc1ccc(C2=C(c3cc(F)c(S(C)(=O)=O)c(F)c3)COC2=O)cc1. The maximum absolute atomic E-state index is 14.2. The normalized spacial score (nSPS) is 14.8. The fraction of sp³-hybridized carbons (Fsp3) is 0.167.